The summed E-state index contributed by atoms with van der Waals surface area (Å²) >= 11 is 1.38. The molecule has 1 aliphatic heterocycles. The minimum atomic E-state index is -0.228. The van der Waals surface area contributed by atoms with Crippen LogP contribution >= 0.6 is 11.3 Å². The van der Waals surface area contributed by atoms with Crippen molar-refractivity contribution in [2.24, 2.45) is 0 Å². The van der Waals surface area contributed by atoms with Crippen molar-refractivity contribution in [2.45, 2.75) is 32.2 Å². The molecule has 2 amide bonds. The molecule has 0 unspecified atom stereocenters. The van der Waals surface area contributed by atoms with Crippen molar-refractivity contribution in [3.8, 4) is 0 Å². The number of anilines is 1. The van der Waals surface area contributed by atoms with E-state index in [1.807, 2.05) is 6.07 Å². The number of carbonyl (C=O) groups excluding carboxylic acids is 1. The van der Waals surface area contributed by atoms with E-state index in [4.69, 9.17) is 0 Å². The summed E-state index contributed by atoms with van der Waals surface area (Å²) in [5.74, 6) is -0.213. The minimum absolute atomic E-state index is 0.0183. The highest BCUT2D eigenvalue weighted by Gasteiger charge is 2.28. The predicted molar refractivity (Wildman–Crippen MR) is 91.9 cm³/mol. The maximum atomic E-state index is 13.6. The van der Waals surface area contributed by atoms with Gasteiger partial charge in [-0.1, -0.05) is 12.1 Å². The van der Waals surface area contributed by atoms with Crippen LogP contribution in [-0.2, 0) is 6.42 Å². The fourth-order valence-corrected chi connectivity index (χ4v) is 3.69. The van der Waals surface area contributed by atoms with Gasteiger partial charge in [-0.05, 0) is 37.0 Å². The second-order valence-corrected chi connectivity index (χ2v) is 7.11. The molecule has 0 bridgehead atoms. The summed E-state index contributed by atoms with van der Waals surface area (Å²) in [7, 11) is 0. The molecule has 1 aromatic heterocycles. The molecule has 0 saturated carbocycles. The first-order valence-corrected chi connectivity index (χ1v) is 8.76. The van der Waals surface area contributed by atoms with Crippen LogP contribution in [0.5, 0.6) is 0 Å². The third-order valence-corrected chi connectivity index (χ3v) is 5.14. The van der Waals surface area contributed by atoms with Gasteiger partial charge >= 0.3 is 6.03 Å². The molecular formula is C17H20FN3O2S. The summed E-state index contributed by atoms with van der Waals surface area (Å²) in [5.41, 5.74) is 1.50. The lowest BCUT2D eigenvalue weighted by molar-refractivity contribution is 0.166. The van der Waals surface area contributed by atoms with E-state index in [9.17, 15) is 14.3 Å². The maximum absolute atomic E-state index is 13.6. The van der Waals surface area contributed by atoms with Crippen LogP contribution in [0, 0.1) is 12.7 Å². The standard InChI is InChI=1S/C17H20FN3O2S/c1-11-4-5-12(8-15(11)18)7-14-9-19-16(24-14)20-17(23)21-6-2-3-13(21)10-22/h4-5,8-9,13,22H,2-3,6-7,10H2,1H3,(H,19,20,23)/t13-/m0/s1. The van der Waals surface area contributed by atoms with Crippen LogP contribution < -0.4 is 5.32 Å². The zero-order chi connectivity index (χ0) is 17.1. The largest absolute Gasteiger partial charge is 0.394 e. The first-order chi connectivity index (χ1) is 11.6. The van der Waals surface area contributed by atoms with E-state index in [2.05, 4.69) is 10.3 Å². The monoisotopic (exact) mass is 349 g/mol. The number of aliphatic hydroxyl groups excluding tert-OH is 1. The van der Waals surface area contributed by atoms with Gasteiger partial charge in [0.1, 0.15) is 5.82 Å². The van der Waals surface area contributed by atoms with Crippen LogP contribution in [0.2, 0.25) is 0 Å². The molecule has 2 heterocycles. The van der Waals surface area contributed by atoms with Crippen molar-refractivity contribution in [3.63, 3.8) is 0 Å². The third-order valence-electron chi connectivity index (χ3n) is 4.23. The lowest BCUT2D eigenvalue weighted by Gasteiger charge is -2.22. The number of hydrogen-bond donors (Lipinski definition) is 2. The lowest BCUT2D eigenvalue weighted by Crippen LogP contribution is -2.40. The molecule has 1 aromatic carbocycles. The van der Waals surface area contributed by atoms with Gasteiger partial charge in [-0.2, -0.15) is 0 Å². The number of urea groups is 1. The Balaban J connectivity index is 1.63. The van der Waals surface area contributed by atoms with Gasteiger partial charge in [-0.3, -0.25) is 5.32 Å². The molecule has 0 radical (unpaired) electrons. The number of benzene rings is 1. The molecule has 1 fully saturated rings. The summed E-state index contributed by atoms with van der Waals surface area (Å²) in [6.07, 6.45) is 4.01. The highest BCUT2D eigenvalue weighted by atomic mass is 32.1. The van der Waals surface area contributed by atoms with Gasteiger partial charge < -0.3 is 10.0 Å². The average Bonchev–Trinajstić information content (AvgIpc) is 3.20. The molecule has 1 aliphatic rings. The normalized spacial score (nSPS) is 17.3. The van der Waals surface area contributed by atoms with Crippen LogP contribution in [0.1, 0.15) is 28.8 Å². The second-order valence-electron chi connectivity index (χ2n) is 5.99. The van der Waals surface area contributed by atoms with E-state index in [1.165, 1.54) is 17.4 Å². The van der Waals surface area contributed by atoms with Crippen LogP contribution in [0.25, 0.3) is 0 Å². The van der Waals surface area contributed by atoms with Gasteiger partial charge in [0.2, 0.25) is 0 Å². The zero-order valence-corrected chi connectivity index (χ0v) is 14.3. The van der Waals surface area contributed by atoms with Gasteiger partial charge in [-0.25, -0.2) is 14.2 Å². The van der Waals surface area contributed by atoms with Crippen molar-refractivity contribution in [3.05, 3.63) is 46.2 Å². The number of amides is 2. The predicted octanol–water partition coefficient (Wildman–Crippen LogP) is 3.17. The summed E-state index contributed by atoms with van der Waals surface area (Å²) < 4.78 is 13.6. The molecule has 24 heavy (non-hydrogen) atoms. The van der Waals surface area contributed by atoms with E-state index in [-0.39, 0.29) is 24.5 Å². The number of carbonyl (C=O) groups is 1. The topological polar surface area (TPSA) is 65.5 Å². The number of aliphatic hydroxyl groups is 1. The Morgan fingerprint density at radius 3 is 3.12 bits per heavy atom. The Bertz CT molecular complexity index is 734. The number of nitrogens with one attached hydrogen (secondary N) is 1. The first kappa shape index (κ1) is 16.9. The number of nitrogens with zero attached hydrogens (tertiary/aromatic N) is 2. The van der Waals surface area contributed by atoms with Gasteiger partial charge in [0.25, 0.3) is 0 Å². The Morgan fingerprint density at radius 1 is 1.54 bits per heavy atom. The number of aryl methyl sites for hydroxylation is 1. The molecule has 7 heteroatoms. The molecule has 5 nitrogen and oxygen atoms in total. The van der Waals surface area contributed by atoms with Crippen LogP contribution in [0.15, 0.2) is 24.4 Å². The van der Waals surface area contributed by atoms with Gasteiger partial charge in [-0.15, -0.1) is 11.3 Å². The number of halogens is 1. The number of likely N-dealkylation sites (tertiary alicyclic amines) is 1. The van der Waals surface area contributed by atoms with E-state index < -0.39 is 0 Å². The van der Waals surface area contributed by atoms with Crippen LogP contribution in [-0.4, -0.2) is 40.2 Å². The minimum Gasteiger partial charge on any atom is -0.394 e. The van der Waals surface area contributed by atoms with Crippen molar-refractivity contribution in [2.75, 3.05) is 18.5 Å². The molecule has 2 N–H and O–H groups in total. The number of thiazole rings is 1. The number of hydrogen-bond acceptors (Lipinski definition) is 4. The molecule has 2 aromatic rings. The summed E-state index contributed by atoms with van der Waals surface area (Å²) in [6.45, 7) is 2.37. The summed E-state index contributed by atoms with van der Waals surface area (Å²) in [4.78, 5) is 19.1. The van der Waals surface area contributed by atoms with E-state index in [0.717, 1.165) is 23.3 Å². The molecular weight excluding hydrogens is 329 g/mol. The maximum Gasteiger partial charge on any atom is 0.323 e. The molecule has 1 atom stereocenters. The second kappa shape index (κ2) is 7.27. The third kappa shape index (κ3) is 3.73. The van der Waals surface area contributed by atoms with Gasteiger partial charge in [0, 0.05) is 24.0 Å². The van der Waals surface area contributed by atoms with Crippen molar-refractivity contribution in [1.29, 1.82) is 0 Å². The van der Waals surface area contributed by atoms with Crippen molar-refractivity contribution < 1.29 is 14.3 Å². The highest BCUT2D eigenvalue weighted by Crippen LogP contribution is 2.24. The summed E-state index contributed by atoms with van der Waals surface area (Å²) in [6, 6.07) is 4.85. The molecule has 0 aliphatic carbocycles. The molecule has 128 valence electrons. The van der Waals surface area contributed by atoms with E-state index >= 15 is 0 Å². The Labute approximate surface area is 144 Å². The van der Waals surface area contributed by atoms with E-state index in [1.54, 1.807) is 24.1 Å². The fraction of sp³-hybridized carbons (Fsp3) is 0.412. The fourth-order valence-electron chi connectivity index (χ4n) is 2.85. The average molecular weight is 349 g/mol. The van der Waals surface area contributed by atoms with Gasteiger partial charge in [0.05, 0.1) is 12.6 Å². The number of aromatic nitrogens is 1. The van der Waals surface area contributed by atoms with Crippen LogP contribution in [0.3, 0.4) is 0 Å². The lowest BCUT2D eigenvalue weighted by atomic mass is 10.1. The van der Waals surface area contributed by atoms with E-state index in [0.29, 0.717) is 23.7 Å². The zero-order valence-electron chi connectivity index (χ0n) is 13.5. The van der Waals surface area contributed by atoms with Crippen molar-refractivity contribution in [1.82, 2.24) is 9.88 Å². The van der Waals surface area contributed by atoms with Crippen LogP contribution in [0.4, 0.5) is 14.3 Å². The molecule has 3 rings (SSSR count). The quantitative estimate of drug-likeness (QED) is 0.891. The number of rotatable bonds is 4. The highest BCUT2D eigenvalue weighted by molar-refractivity contribution is 7.15. The van der Waals surface area contributed by atoms with Crippen molar-refractivity contribution >= 4 is 22.5 Å². The molecule has 0 spiro atoms. The Hall–Kier alpha value is -1.99. The first-order valence-electron chi connectivity index (χ1n) is 7.95. The SMILES string of the molecule is Cc1ccc(Cc2cnc(NC(=O)N3CCC[C@H]3CO)s2)cc1F. The Morgan fingerprint density at radius 2 is 2.38 bits per heavy atom. The molecule has 1 saturated heterocycles. The Kier molecular flexibility index (Phi) is 5.11. The summed E-state index contributed by atoms with van der Waals surface area (Å²) in [5, 5.41) is 12.6. The smallest absolute Gasteiger partial charge is 0.323 e. The van der Waals surface area contributed by atoms with Gasteiger partial charge in [0.15, 0.2) is 5.13 Å².